The Morgan fingerprint density at radius 1 is 0.765 bits per heavy atom. The summed E-state index contributed by atoms with van der Waals surface area (Å²) in [6, 6.07) is 34.5. The fourth-order valence-electron chi connectivity index (χ4n) is 3.53. The van der Waals surface area contributed by atoms with Gasteiger partial charge in [0.1, 0.15) is 12.4 Å². The van der Waals surface area contributed by atoms with Gasteiger partial charge in [-0.3, -0.25) is 14.8 Å². The Labute approximate surface area is 325 Å². The second-order valence-electron chi connectivity index (χ2n) is 8.88. The number of nitriles is 1. The van der Waals surface area contributed by atoms with Crippen LogP contribution in [0.3, 0.4) is 0 Å². The van der Waals surface area contributed by atoms with E-state index in [-0.39, 0.29) is 52.4 Å². The molecular weight excluding hydrogens is 793 g/mol. The first-order valence-corrected chi connectivity index (χ1v) is 14.1. The van der Waals surface area contributed by atoms with Crippen LogP contribution in [-0.4, -0.2) is 37.5 Å². The monoisotopic (exact) mass is 819 g/mol. The smallest absolute Gasteiger partial charge is 0.872 e. The molecule has 5 aromatic rings. The molecule has 1 radical (unpaired) electrons. The molecule has 15 nitrogen and oxygen atoms in total. The van der Waals surface area contributed by atoms with E-state index in [0.717, 1.165) is 34.6 Å². The van der Waals surface area contributed by atoms with Gasteiger partial charge in [0, 0.05) is 37.0 Å². The van der Waals surface area contributed by atoms with Crippen LogP contribution in [-0.2, 0) is 0 Å². The molecule has 0 atom stereocenters. The van der Waals surface area contributed by atoms with Crippen molar-refractivity contribution in [3.8, 4) is 34.6 Å². The van der Waals surface area contributed by atoms with Gasteiger partial charge < -0.3 is 40.5 Å². The summed E-state index contributed by atoms with van der Waals surface area (Å²) in [4.78, 5) is 41.6. The number of nitrogens with zero attached hydrogens (tertiary/aromatic N) is 6. The van der Waals surface area contributed by atoms with Gasteiger partial charge in [-0.05, 0) is 35.9 Å². The van der Waals surface area contributed by atoms with Crippen molar-refractivity contribution >= 4 is 11.5 Å². The van der Waals surface area contributed by atoms with Crippen LogP contribution in [0.5, 0.6) is 5.75 Å². The molecular formula is C35H29N6NdO9. The van der Waals surface area contributed by atoms with E-state index in [1.54, 1.807) is 73.1 Å². The van der Waals surface area contributed by atoms with E-state index < -0.39 is 10.2 Å². The fourth-order valence-corrected chi connectivity index (χ4v) is 3.53. The van der Waals surface area contributed by atoms with E-state index in [4.69, 9.17) is 40.6 Å². The molecule has 0 spiro atoms. The molecule has 0 saturated carbocycles. The third kappa shape index (κ3) is 20.1. The first-order chi connectivity index (χ1) is 24.0. The first-order valence-electron chi connectivity index (χ1n) is 14.1. The zero-order chi connectivity index (χ0) is 37.1. The van der Waals surface area contributed by atoms with Crippen LogP contribution in [0.25, 0.3) is 28.5 Å². The molecule has 3 heterocycles. The molecule has 0 bridgehead atoms. The predicted octanol–water partition coefficient (Wildman–Crippen LogP) is 6.09. The molecule has 2 aromatic carbocycles. The van der Waals surface area contributed by atoms with Gasteiger partial charge in [0.25, 0.3) is 0 Å². The van der Waals surface area contributed by atoms with Crippen molar-refractivity contribution in [3.63, 3.8) is 0 Å². The Hall–Kier alpha value is -6.12. The summed E-state index contributed by atoms with van der Waals surface area (Å²) in [5.41, 5.74) is 4.15. The topological polar surface area (TPSA) is 244 Å². The molecule has 16 heteroatoms. The van der Waals surface area contributed by atoms with Crippen LogP contribution in [0.2, 0.25) is 0 Å². The molecule has 0 aliphatic carbocycles. The average Bonchev–Trinajstić information content (AvgIpc) is 3.12. The van der Waals surface area contributed by atoms with Gasteiger partial charge in [0.2, 0.25) is 0 Å². The maximum absolute atomic E-state index is 11.8. The van der Waals surface area contributed by atoms with E-state index in [9.17, 15) is 9.90 Å². The van der Waals surface area contributed by atoms with E-state index in [2.05, 4.69) is 21.5 Å². The molecule has 5 rings (SSSR count). The Morgan fingerprint density at radius 2 is 1.16 bits per heavy atom. The van der Waals surface area contributed by atoms with Gasteiger partial charge in [0.15, 0.2) is 5.78 Å². The Bertz CT molecular complexity index is 1770. The molecule has 0 saturated heterocycles. The standard InChI is InChI=1S/C18H15N3O.C15H12O2.C2H3N.2NO3.Nd/c1-2-11-22-14-12-17(15-7-3-5-9-19-15)21-18(13-14)16-8-4-6-10-20-16;16-14(12-7-3-1-4-8-12)11-15(17)13-9-5-2-6-10-13;1-2-3;2*2-1(3)4;/h2-10,12-13H,1,11H2;1-11,16H;1H3;;;/q;;;2*-1;+3/p-1/b;14-11-;;;;. The minimum atomic E-state index is -1.75. The maximum atomic E-state index is 11.8. The minimum Gasteiger partial charge on any atom is -0.872 e. The van der Waals surface area contributed by atoms with Gasteiger partial charge in [0.05, 0.1) is 39.0 Å². The fraction of sp³-hybridized carbons (Fsp3) is 0.0571. The van der Waals surface area contributed by atoms with Crippen molar-refractivity contribution in [2.24, 2.45) is 0 Å². The quantitative estimate of drug-likeness (QED) is 0.0430. The molecule has 0 aliphatic heterocycles. The van der Waals surface area contributed by atoms with Crippen LogP contribution < -0.4 is 9.84 Å². The summed E-state index contributed by atoms with van der Waals surface area (Å²) >= 11 is 0. The molecule has 0 aliphatic rings. The third-order valence-electron chi connectivity index (χ3n) is 5.40. The van der Waals surface area contributed by atoms with Crippen molar-refractivity contribution in [1.29, 1.82) is 5.26 Å². The summed E-state index contributed by atoms with van der Waals surface area (Å²) in [7, 11) is 0. The molecule has 257 valence electrons. The number of hydrogen-bond donors (Lipinski definition) is 0. The molecule has 51 heavy (non-hydrogen) atoms. The number of carbonyl (C=O) groups is 1. The zero-order valence-corrected chi connectivity index (χ0v) is 30.2. The number of ether oxygens (including phenoxy) is 1. The second kappa shape index (κ2) is 26.8. The minimum absolute atomic E-state index is 0. The SMILES string of the molecule is C=CCOc1cc(-c2ccccn2)nc(-c2ccccn2)c1.CC#N.O=C(/C=C(\[O-])c1ccccc1)c1ccccc1.O=[N+]([O-])[O-].O=[N+]([O-])[O-].[Nd+3]. The van der Waals surface area contributed by atoms with Gasteiger partial charge in [-0.25, -0.2) is 4.98 Å². The second-order valence-corrected chi connectivity index (χ2v) is 8.88. The van der Waals surface area contributed by atoms with Crippen LogP contribution in [0.4, 0.5) is 0 Å². The predicted molar refractivity (Wildman–Crippen MR) is 184 cm³/mol. The zero-order valence-electron chi connectivity index (χ0n) is 27.0. The maximum Gasteiger partial charge on any atom is 3.00 e. The van der Waals surface area contributed by atoms with E-state index in [1.165, 1.54) is 6.92 Å². The van der Waals surface area contributed by atoms with E-state index >= 15 is 0 Å². The van der Waals surface area contributed by atoms with E-state index in [0.29, 0.717) is 17.7 Å². The Morgan fingerprint density at radius 3 is 1.53 bits per heavy atom. The number of aromatic nitrogens is 3. The van der Waals surface area contributed by atoms with Crippen molar-refractivity contribution in [3.05, 3.63) is 182 Å². The number of rotatable bonds is 8. The molecule has 3 aromatic heterocycles. The van der Waals surface area contributed by atoms with Crippen molar-refractivity contribution < 1.29 is 65.6 Å². The van der Waals surface area contributed by atoms with Gasteiger partial charge in [-0.15, -0.1) is 0 Å². The number of carbonyl (C=O) groups excluding carboxylic acids is 1. The average molecular weight is 822 g/mol. The van der Waals surface area contributed by atoms with Gasteiger partial charge in [-0.2, -0.15) is 5.26 Å². The van der Waals surface area contributed by atoms with Crippen LogP contribution in [0, 0.1) is 82.8 Å². The number of ketones is 1. The summed E-state index contributed by atoms with van der Waals surface area (Å²) in [5.74, 6) is 0.190. The Balaban J connectivity index is 0.000000763. The summed E-state index contributed by atoms with van der Waals surface area (Å²) in [6.45, 7) is 5.54. The number of pyridine rings is 3. The molecule has 0 amide bonds. The molecule has 0 fully saturated rings. The number of hydrogen-bond acceptors (Lipinski definition) is 13. The van der Waals surface area contributed by atoms with Crippen LogP contribution in [0.1, 0.15) is 22.8 Å². The number of benzene rings is 2. The van der Waals surface area contributed by atoms with Crippen LogP contribution in [0.15, 0.2) is 140 Å². The normalized spacial score (nSPS) is 9.22. The Kier molecular flexibility index (Phi) is 23.6. The molecule has 0 unspecified atom stereocenters. The summed E-state index contributed by atoms with van der Waals surface area (Å²) < 4.78 is 5.67. The summed E-state index contributed by atoms with van der Waals surface area (Å²) in [5, 5.41) is 48.6. The third-order valence-corrected chi connectivity index (χ3v) is 5.40. The first kappa shape index (κ1) is 44.9. The van der Waals surface area contributed by atoms with Gasteiger partial charge in [-0.1, -0.05) is 91.2 Å². The van der Waals surface area contributed by atoms with Gasteiger partial charge >= 0.3 is 40.8 Å². The van der Waals surface area contributed by atoms with E-state index in [1.807, 2.05) is 60.7 Å². The van der Waals surface area contributed by atoms with Crippen molar-refractivity contribution in [1.82, 2.24) is 15.0 Å². The van der Waals surface area contributed by atoms with Crippen molar-refractivity contribution in [2.45, 2.75) is 6.92 Å². The molecule has 0 N–H and O–H groups in total. The summed E-state index contributed by atoms with van der Waals surface area (Å²) in [6.07, 6.45) is 6.33. The largest absolute Gasteiger partial charge is 3.00 e. The van der Waals surface area contributed by atoms with Crippen molar-refractivity contribution in [2.75, 3.05) is 6.61 Å². The number of allylic oxidation sites excluding steroid dienone is 1. The van der Waals surface area contributed by atoms with Crippen LogP contribution >= 0.6 is 0 Å².